The molecule has 1 fully saturated rings. The van der Waals surface area contributed by atoms with Gasteiger partial charge in [0.25, 0.3) is 11.5 Å². The molecule has 3 rings (SSSR count). The number of amides is 1. The minimum Gasteiger partial charge on any atom is -0.379 e. The fraction of sp³-hybridized carbons (Fsp3) is 0.478. The lowest BCUT2D eigenvalue weighted by atomic mass is 10.0. The molecule has 2 heterocycles. The molecule has 2 aromatic rings. The lowest BCUT2D eigenvalue weighted by Crippen LogP contribution is -2.49. The van der Waals surface area contributed by atoms with Gasteiger partial charge in [0.15, 0.2) is 0 Å². The quantitative estimate of drug-likeness (QED) is 0.753. The number of pyridine rings is 1. The van der Waals surface area contributed by atoms with Crippen LogP contribution in [0.15, 0.2) is 41.2 Å². The van der Waals surface area contributed by atoms with E-state index in [1.165, 1.54) is 0 Å². The molecular weight excluding hydrogens is 366 g/mol. The number of hydrogen-bond donors (Lipinski definition) is 2. The fourth-order valence-electron chi connectivity index (χ4n) is 3.79. The number of aromatic nitrogens is 1. The second-order valence-electron chi connectivity index (χ2n) is 8.13. The Morgan fingerprint density at radius 1 is 1.21 bits per heavy atom. The number of rotatable bonds is 7. The Balaban J connectivity index is 1.68. The summed E-state index contributed by atoms with van der Waals surface area (Å²) in [5, 5.41) is 2.97. The standard InChI is InChI=1S/C23H31N3O3/c1-16(2)13-19(26-9-11-29-12-10-26)15-24-22(27)20-7-8-21(25-23(20)28)18-6-4-5-17(3)14-18/h4-8,14,16,19H,9-13,15H2,1-3H3,(H,24,27)(H,25,28). The smallest absolute Gasteiger partial charge is 0.261 e. The number of carbonyl (C=O) groups is 1. The van der Waals surface area contributed by atoms with Crippen LogP contribution in [-0.4, -0.2) is 54.7 Å². The summed E-state index contributed by atoms with van der Waals surface area (Å²) in [7, 11) is 0. The Morgan fingerprint density at radius 3 is 2.62 bits per heavy atom. The second-order valence-corrected chi connectivity index (χ2v) is 8.13. The van der Waals surface area contributed by atoms with Crippen molar-refractivity contribution in [2.24, 2.45) is 5.92 Å². The summed E-state index contributed by atoms with van der Waals surface area (Å²) in [4.78, 5) is 30.4. The first kappa shape index (κ1) is 21.3. The summed E-state index contributed by atoms with van der Waals surface area (Å²) in [6.07, 6.45) is 0.989. The molecule has 1 aliphatic heterocycles. The number of carbonyl (C=O) groups excluding carboxylic acids is 1. The molecule has 1 saturated heterocycles. The zero-order valence-electron chi connectivity index (χ0n) is 17.5. The number of aromatic amines is 1. The summed E-state index contributed by atoms with van der Waals surface area (Å²) in [5.41, 5.74) is 2.53. The first-order valence-corrected chi connectivity index (χ1v) is 10.3. The van der Waals surface area contributed by atoms with Crippen molar-refractivity contribution in [3.05, 3.63) is 57.9 Å². The molecule has 0 aliphatic carbocycles. The van der Waals surface area contributed by atoms with E-state index in [4.69, 9.17) is 4.74 Å². The number of H-pyrrole nitrogens is 1. The van der Waals surface area contributed by atoms with Crippen LogP contribution in [0.4, 0.5) is 0 Å². The molecular formula is C23H31N3O3. The highest BCUT2D eigenvalue weighted by Crippen LogP contribution is 2.17. The summed E-state index contributed by atoms with van der Waals surface area (Å²) in [6.45, 7) is 10.1. The molecule has 6 heteroatoms. The van der Waals surface area contributed by atoms with Gasteiger partial charge in [-0.2, -0.15) is 0 Å². The maximum atomic E-state index is 12.7. The molecule has 1 atom stereocenters. The van der Waals surface area contributed by atoms with E-state index in [-0.39, 0.29) is 23.1 Å². The monoisotopic (exact) mass is 397 g/mol. The van der Waals surface area contributed by atoms with Crippen LogP contribution in [-0.2, 0) is 4.74 Å². The topological polar surface area (TPSA) is 74.4 Å². The zero-order valence-corrected chi connectivity index (χ0v) is 17.5. The van der Waals surface area contributed by atoms with E-state index >= 15 is 0 Å². The van der Waals surface area contributed by atoms with Gasteiger partial charge in [0.05, 0.1) is 13.2 Å². The molecule has 1 aliphatic rings. The fourth-order valence-corrected chi connectivity index (χ4v) is 3.79. The molecule has 2 N–H and O–H groups in total. The Morgan fingerprint density at radius 2 is 1.97 bits per heavy atom. The highest BCUT2D eigenvalue weighted by atomic mass is 16.5. The minimum absolute atomic E-state index is 0.145. The van der Waals surface area contributed by atoms with Crippen LogP contribution >= 0.6 is 0 Å². The van der Waals surface area contributed by atoms with Gasteiger partial charge >= 0.3 is 0 Å². The third kappa shape index (κ3) is 5.78. The maximum Gasteiger partial charge on any atom is 0.261 e. The number of nitrogens with zero attached hydrogens (tertiary/aromatic N) is 1. The summed E-state index contributed by atoms with van der Waals surface area (Å²) >= 11 is 0. The predicted octanol–water partition coefficient (Wildman–Crippen LogP) is 2.83. The number of ether oxygens (including phenoxy) is 1. The molecule has 6 nitrogen and oxygen atoms in total. The lowest BCUT2D eigenvalue weighted by Gasteiger charge is -2.35. The molecule has 1 amide bonds. The number of aryl methyl sites for hydroxylation is 1. The first-order chi connectivity index (χ1) is 13.9. The van der Waals surface area contributed by atoms with Crippen LogP contribution in [0, 0.1) is 12.8 Å². The molecule has 29 heavy (non-hydrogen) atoms. The Hall–Kier alpha value is -2.44. The van der Waals surface area contributed by atoms with Gasteiger partial charge in [-0.1, -0.05) is 37.6 Å². The average molecular weight is 398 g/mol. The summed E-state index contributed by atoms with van der Waals surface area (Å²) < 4.78 is 5.45. The van der Waals surface area contributed by atoms with Gasteiger partial charge in [-0.25, -0.2) is 0 Å². The molecule has 0 spiro atoms. The molecule has 0 radical (unpaired) electrons. The SMILES string of the molecule is Cc1cccc(-c2ccc(C(=O)NCC(CC(C)C)N3CCOCC3)c(=O)[nH]2)c1. The minimum atomic E-state index is -0.367. The summed E-state index contributed by atoms with van der Waals surface area (Å²) in [5.74, 6) is 0.195. The van der Waals surface area contributed by atoms with Crippen LogP contribution in [0.25, 0.3) is 11.3 Å². The van der Waals surface area contributed by atoms with E-state index in [1.54, 1.807) is 12.1 Å². The van der Waals surface area contributed by atoms with Crippen molar-refractivity contribution in [1.82, 2.24) is 15.2 Å². The van der Waals surface area contributed by atoms with Crippen molar-refractivity contribution in [3.63, 3.8) is 0 Å². The van der Waals surface area contributed by atoms with Gasteiger partial charge in [-0.05, 0) is 43.0 Å². The van der Waals surface area contributed by atoms with Crippen LogP contribution in [0.5, 0.6) is 0 Å². The largest absolute Gasteiger partial charge is 0.379 e. The number of benzene rings is 1. The van der Waals surface area contributed by atoms with E-state index < -0.39 is 0 Å². The Kier molecular flexibility index (Phi) is 7.23. The molecule has 1 unspecified atom stereocenters. The van der Waals surface area contributed by atoms with E-state index in [1.807, 2.05) is 31.2 Å². The number of nitrogens with one attached hydrogen (secondary N) is 2. The Labute approximate surface area is 172 Å². The van der Waals surface area contributed by atoms with Gasteiger partial charge in [0.2, 0.25) is 0 Å². The van der Waals surface area contributed by atoms with Gasteiger partial charge in [0.1, 0.15) is 5.56 Å². The van der Waals surface area contributed by atoms with Crippen molar-refractivity contribution >= 4 is 5.91 Å². The van der Waals surface area contributed by atoms with E-state index in [2.05, 4.69) is 29.0 Å². The maximum absolute atomic E-state index is 12.7. The van der Waals surface area contributed by atoms with Crippen LogP contribution in [0.3, 0.4) is 0 Å². The molecule has 1 aromatic heterocycles. The van der Waals surface area contributed by atoms with Gasteiger partial charge < -0.3 is 15.0 Å². The normalized spacial score (nSPS) is 16.0. The van der Waals surface area contributed by atoms with E-state index in [0.717, 1.165) is 43.9 Å². The molecule has 156 valence electrons. The van der Waals surface area contributed by atoms with E-state index in [9.17, 15) is 9.59 Å². The second kappa shape index (κ2) is 9.85. The third-order valence-corrected chi connectivity index (χ3v) is 5.29. The van der Waals surface area contributed by atoms with Crippen LogP contribution in [0.1, 0.15) is 36.2 Å². The zero-order chi connectivity index (χ0) is 20.8. The highest BCUT2D eigenvalue weighted by Gasteiger charge is 2.23. The van der Waals surface area contributed by atoms with Gasteiger partial charge in [-0.3, -0.25) is 14.5 Å². The van der Waals surface area contributed by atoms with Crippen molar-refractivity contribution in [1.29, 1.82) is 0 Å². The van der Waals surface area contributed by atoms with Gasteiger partial charge in [0, 0.05) is 31.4 Å². The van der Waals surface area contributed by atoms with Crippen molar-refractivity contribution in [2.75, 3.05) is 32.8 Å². The van der Waals surface area contributed by atoms with Crippen LogP contribution < -0.4 is 10.9 Å². The molecule has 0 bridgehead atoms. The highest BCUT2D eigenvalue weighted by molar-refractivity contribution is 5.94. The van der Waals surface area contributed by atoms with Gasteiger partial charge in [-0.15, -0.1) is 0 Å². The summed E-state index contributed by atoms with van der Waals surface area (Å²) in [6, 6.07) is 11.5. The number of hydrogen-bond acceptors (Lipinski definition) is 4. The molecule has 0 saturated carbocycles. The molecule has 1 aromatic carbocycles. The van der Waals surface area contributed by atoms with Crippen molar-refractivity contribution < 1.29 is 9.53 Å². The van der Waals surface area contributed by atoms with Crippen molar-refractivity contribution in [3.8, 4) is 11.3 Å². The predicted molar refractivity (Wildman–Crippen MR) is 115 cm³/mol. The van der Waals surface area contributed by atoms with Crippen LogP contribution in [0.2, 0.25) is 0 Å². The first-order valence-electron chi connectivity index (χ1n) is 10.3. The lowest BCUT2D eigenvalue weighted by molar-refractivity contribution is 0.0124. The Bertz CT molecular complexity index is 885. The third-order valence-electron chi connectivity index (χ3n) is 5.29. The average Bonchev–Trinajstić information content (AvgIpc) is 2.71. The number of morpholine rings is 1. The van der Waals surface area contributed by atoms with E-state index in [0.29, 0.717) is 18.2 Å². The van der Waals surface area contributed by atoms with Crippen molar-refractivity contribution in [2.45, 2.75) is 33.2 Å².